The van der Waals surface area contributed by atoms with Gasteiger partial charge >= 0.3 is 0 Å². The molecule has 2 aliphatic rings. The van der Waals surface area contributed by atoms with Crippen LogP contribution in [0.2, 0.25) is 0 Å². The van der Waals surface area contributed by atoms with Crippen LogP contribution in [0.15, 0.2) is 24.5 Å². The Morgan fingerprint density at radius 1 is 1.29 bits per heavy atom. The average Bonchev–Trinajstić information content (AvgIpc) is 3.32. The van der Waals surface area contributed by atoms with Crippen molar-refractivity contribution in [3.8, 4) is 0 Å². The Kier molecular flexibility index (Phi) is 4.25. The van der Waals surface area contributed by atoms with E-state index in [2.05, 4.69) is 15.2 Å². The molecule has 4 rings (SSSR count). The summed E-state index contributed by atoms with van der Waals surface area (Å²) in [6.45, 7) is 2.28. The van der Waals surface area contributed by atoms with Gasteiger partial charge in [-0.15, -0.1) is 0 Å². The van der Waals surface area contributed by atoms with Crippen LogP contribution >= 0.6 is 0 Å². The van der Waals surface area contributed by atoms with Gasteiger partial charge in [0, 0.05) is 38.1 Å². The molecule has 4 heterocycles. The van der Waals surface area contributed by atoms with Crippen LogP contribution in [0.4, 0.5) is 0 Å². The number of amides is 1. The summed E-state index contributed by atoms with van der Waals surface area (Å²) in [5.74, 6) is 2.02. The van der Waals surface area contributed by atoms with Crippen molar-refractivity contribution in [3.05, 3.63) is 41.7 Å². The van der Waals surface area contributed by atoms with Crippen molar-refractivity contribution >= 4 is 5.91 Å². The molecule has 7 heteroatoms. The molecule has 0 aromatic carbocycles. The second-order valence-electron chi connectivity index (χ2n) is 6.36. The Balaban J connectivity index is 1.52. The van der Waals surface area contributed by atoms with E-state index in [1.165, 1.54) is 0 Å². The Bertz CT molecular complexity index is 696. The Morgan fingerprint density at radius 3 is 2.96 bits per heavy atom. The molecule has 0 saturated carbocycles. The molecule has 1 amide bonds. The van der Waals surface area contributed by atoms with Gasteiger partial charge < -0.3 is 9.64 Å². The number of hydrogen-bond donors (Lipinski definition) is 1. The van der Waals surface area contributed by atoms with Crippen LogP contribution in [-0.2, 0) is 4.74 Å². The lowest BCUT2D eigenvalue weighted by Crippen LogP contribution is -2.31. The first-order chi connectivity index (χ1) is 11.8. The molecular formula is C17H21N5O2. The predicted octanol–water partition coefficient (Wildman–Crippen LogP) is 2.07. The monoisotopic (exact) mass is 327 g/mol. The standard InChI is InChI=1S/C17H21N5O2/c23-17(13-3-1-7-18-11-13)22-8-2-4-14(22)16-19-15(20-21-16)12-5-9-24-10-6-12/h1,3,7,11-12,14H,2,4-6,8-10H2,(H,19,20,21)/t14-/m0/s1. The van der Waals surface area contributed by atoms with Gasteiger partial charge in [-0.1, -0.05) is 0 Å². The fourth-order valence-electron chi connectivity index (χ4n) is 3.52. The quantitative estimate of drug-likeness (QED) is 0.933. The van der Waals surface area contributed by atoms with Gasteiger partial charge in [-0.05, 0) is 37.8 Å². The zero-order valence-electron chi connectivity index (χ0n) is 13.5. The Hall–Kier alpha value is -2.28. The van der Waals surface area contributed by atoms with Gasteiger partial charge in [0.25, 0.3) is 5.91 Å². The number of nitrogens with one attached hydrogen (secondary N) is 1. The van der Waals surface area contributed by atoms with Crippen molar-refractivity contribution in [2.75, 3.05) is 19.8 Å². The molecule has 0 radical (unpaired) electrons. The highest BCUT2D eigenvalue weighted by Crippen LogP contribution is 2.32. The Labute approximate surface area is 140 Å². The highest BCUT2D eigenvalue weighted by Gasteiger charge is 2.33. The molecule has 2 aromatic rings. The van der Waals surface area contributed by atoms with E-state index in [0.717, 1.165) is 57.1 Å². The summed E-state index contributed by atoms with van der Waals surface area (Å²) in [7, 11) is 0. The number of aromatic nitrogens is 4. The summed E-state index contributed by atoms with van der Waals surface area (Å²) in [6, 6.07) is 3.56. The topological polar surface area (TPSA) is 84.0 Å². The maximum Gasteiger partial charge on any atom is 0.256 e. The lowest BCUT2D eigenvalue weighted by atomic mass is 10.00. The molecule has 2 fully saturated rings. The summed E-state index contributed by atoms with van der Waals surface area (Å²) in [6.07, 6.45) is 7.10. The number of carbonyl (C=O) groups is 1. The van der Waals surface area contributed by atoms with Crippen LogP contribution in [-0.4, -0.2) is 50.7 Å². The molecule has 1 N–H and O–H groups in total. The smallest absolute Gasteiger partial charge is 0.256 e. The van der Waals surface area contributed by atoms with Gasteiger partial charge in [0.15, 0.2) is 5.82 Å². The lowest BCUT2D eigenvalue weighted by Gasteiger charge is -2.23. The largest absolute Gasteiger partial charge is 0.381 e. The van der Waals surface area contributed by atoms with E-state index in [0.29, 0.717) is 11.5 Å². The predicted molar refractivity (Wildman–Crippen MR) is 86.4 cm³/mol. The zero-order valence-corrected chi connectivity index (χ0v) is 13.5. The number of ether oxygens (including phenoxy) is 1. The molecule has 7 nitrogen and oxygen atoms in total. The number of likely N-dealkylation sites (tertiary alicyclic amines) is 1. The number of hydrogen-bond acceptors (Lipinski definition) is 5. The van der Waals surface area contributed by atoms with Gasteiger partial charge in [0.05, 0.1) is 11.6 Å². The first-order valence-electron chi connectivity index (χ1n) is 8.54. The van der Waals surface area contributed by atoms with Gasteiger partial charge in [-0.2, -0.15) is 5.10 Å². The van der Waals surface area contributed by atoms with E-state index in [-0.39, 0.29) is 11.9 Å². The first kappa shape index (κ1) is 15.3. The normalized spacial score (nSPS) is 22.0. The van der Waals surface area contributed by atoms with Gasteiger partial charge in [-0.25, -0.2) is 4.98 Å². The van der Waals surface area contributed by atoms with E-state index < -0.39 is 0 Å². The molecular weight excluding hydrogens is 306 g/mol. The summed E-state index contributed by atoms with van der Waals surface area (Å²) >= 11 is 0. The molecule has 0 aliphatic carbocycles. The third-order valence-electron chi connectivity index (χ3n) is 4.84. The van der Waals surface area contributed by atoms with Crippen molar-refractivity contribution in [2.45, 2.75) is 37.6 Å². The first-order valence-corrected chi connectivity index (χ1v) is 8.54. The van der Waals surface area contributed by atoms with Crippen LogP contribution < -0.4 is 0 Å². The molecule has 0 bridgehead atoms. The maximum absolute atomic E-state index is 12.7. The number of nitrogens with zero attached hydrogens (tertiary/aromatic N) is 4. The van der Waals surface area contributed by atoms with Crippen LogP contribution in [0.1, 0.15) is 59.6 Å². The number of rotatable bonds is 3. The number of H-pyrrole nitrogens is 1. The molecule has 0 unspecified atom stereocenters. The van der Waals surface area contributed by atoms with E-state index in [4.69, 9.17) is 9.72 Å². The highest BCUT2D eigenvalue weighted by atomic mass is 16.5. The van der Waals surface area contributed by atoms with Crippen molar-refractivity contribution in [1.29, 1.82) is 0 Å². The summed E-state index contributed by atoms with van der Waals surface area (Å²) < 4.78 is 5.40. The summed E-state index contributed by atoms with van der Waals surface area (Å²) in [5.41, 5.74) is 0.619. The van der Waals surface area contributed by atoms with Crippen molar-refractivity contribution in [2.24, 2.45) is 0 Å². The molecule has 24 heavy (non-hydrogen) atoms. The van der Waals surface area contributed by atoms with Crippen LogP contribution in [0, 0.1) is 0 Å². The molecule has 2 saturated heterocycles. The third kappa shape index (κ3) is 2.91. The number of pyridine rings is 1. The minimum absolute atomic E-state index is 0.00890. The molecule has 126 valence electrons. The second kappa shape index (κ2) is 6.68. The summed E-state index contributed by atoms with van der Waals surface area (Å²) in [4.78, 5) is 23.4. The third-order valence-corrected chi connectivity index (χ3v) is 4.84. The molecule has 2 aromatic heterocycles. The van der Waals surface area contributed by atoms with Crippen LogP contribution in [0.25, 0.3) is 0 Å². The maximum atomic E-state index is 12.7. The minimum atomic E-state index is -0.0289. The molecule has 1 atom stereocenters. The Morgan fingerprint density at radius 2 is 2.17 bits per heavy atom. The van der Waals surface area contributed by atoms with E-state index in [1.807, 2.05) is 4.90 Å². The lowest BCUT2D eigenvalue weighted by molar-refractivity contribution is 0.0729. The van der Waals surface area contributed by atoms with Crippen LogP contribution in [0.3, 0.4) is 0 Å². The second-order valence-corrected chi connectivity index (χ2v) is 6.36. The van der Waals surface area contributed by atoms with Crippen molar-refractivity contribution < 1.29 is 9.53 Å². The minimum Gasteiger partial charge on any atom is -0.381 e. The van der Waals surface area contributed by atoms with Crippen molar-refractivity contribution in [3.63, 3.8) is 0 Å². The summed E-state index contributed by atoms with van der Waals surface area (Å²) in [5, 5.41) is 7.48. The fourth-order valence-corrected chi connectivity index (χ4v) is 3.52. The van der Waals surface area contributed by atoms with Gasteiger partial charge in [0.2, 0.25) is 0 Å². The molecule has 2 aliphatic heterocycles. The van der Waals surface area contributed by atoms with Crippen LogP contribution in [0.5, 0.6) is 0 Å². The zero-order chi connectivity index (χ0) is 16.4. The van der Waals surface area contributed by atoms with Crippen molar-refractivity contribution in [1.82, 2.24) is 25.1 Å². The van der Waals surface area contributed by atoms with Gasteiger partial charge in [-0.3, -0.25) is 14.9 Å². The van der Waals surface area contributed by atoms with E-state index in [1.54, 1.807) is 24.5 Å². The van der Waals surface area contributed by atoms with Gasteiger partial charge in [0.1, 0.15) is 5.82 Å². The fraction of sp³-hybridized carbons (Fsp3) is 0.529. The number of carbonyl (C=O) groups excluding carboxylic acids is 1. The highest BCUT2D eigenvalue weighted by molar-refractivity contribution is 5.94. The SMILES string of the molecule is O=C(c1cccnc1)N1CCC[C@H]1c1nc(C2CCOCC2)n[nH]1. The van der Waals surface area contributed by atoms with E-state index in [9.17, 15) is 4.79 Å². The van der Waals surface area contributed by atoms with E-state index >= 15 is 0 Å². The number of aromatic amines is 1. The average molecular weight is 327 g/mol. The molecule has 0 spiro atoms.